The molecule has 2 aliphatic rings. The van der Waals surface area contributed by atoms with Crippen molar-refractivity contribution >= 4 is 11.5 Å². The van der Waals surface area contributed by atoms with Crippen molar-refractivity contribution in [2.45, 2.75) is 18.4 Å². The van der Waals surface area contributed by atoms with Crippen LogP contribution in [0.25, 0.3) is 16.8 Å². The second-order valence-corrected chi connectivity index (χ2v) is 7.54. The van der Waals surface area contributed by atoms with Gasteiger partial charge in [0.05, 0.1) is 11.4 Å². The van der Waals surface area contributed by atoms with Crippen LogP contribution < -0.4 is 5.32 Å². The van der Waals surface area contributed by atoms with Crippen molar-refractivity contribution in [3.8, 4) is 11.3 Å². The number of rotatable bonds is 3. The molecule has 1 amide bonds. The normalized spacial score (nSPS) is 19.4. The average Bonchev–Trinajstić information content (AvgIpc) is 3.33. The first-order chi connectivity index (χ1) is 14.1. The summed E-state index contributed by atoms with van der Waals surface area (Å²) >= 11 is 0. The number of carbonyl (C=O) groups is 1. The number of benzene rings is 2. The van der Waals surface area contributed by atoms with E-state index in [1.54, 1.807) is 7.05 Å². The standard InChI is InChI=1S/C24H21N3O2/c1-25-23(28)18-8-7-17-13-20-21(19(17)14-18)26-27-22(20)24(29)11-9-16(10-12-24)15-5-3-2-4-6-15/h2-11,14,29H,12-13H2,1H3,(H,25,28)(H,26,27). The van der Waals surface area contributed by atoms with E-state index in [1.165, 1.54) is 0 Å². The van der Waals surface area contributed by atoms with Crippen LogP contribution >= 0.6 is 0 Å². The summed E-state index contributed by atoms with van der Waals surface area (Å²) in [5.74, 6) is -0.121. The Labute approximate surface area is 168 Å². The fraction of sp³-hybridized carbons (Fsp3) is 0.167. The Morgan fingerprint density at radius 1 is 1.21 bits per heavy atom. The van der Waals surface area contributed by atoms with Crippen molar-refractivity contribution in [3.05, 3.63) is 94.7 Å². The molecule has 0 saturated carbocycles. The van der Waals surface area contributed by atoms with Gasteiger partial charge in [0.25, 0.3) is 5.91 Å². The van der Waals surface area contributed by atoms with E-state index < -0.39 is 5.60 Å². The number of aromatic amines is 1. The summed E-state index contributed by atoms with van der Waals surface area (Å²) in [7, 11) is 1.62. The van der Waals surface area contributed by atoms with Crippen LogP contribution in [0.3, 0.4) is 0 Å². The first kappa shape index (κ1) is 17.6. The number of nitrogens with one attached hydrogen (secondary N) is 2. The van der Waals surface area contributed by atoms with Gasteiger partial charge in [-0.3, -0.25) is 9.89 Å². The zero-order valence-electron chi connectivity index (χ0n) is 16.1. The van der Waals surface area contributed by atoms with Crippen molar-refractivity contribution in [2.75, 3.05) is 7.05 Å². The third-order valence-corrected chi connectivity index (χ3v) is 5.80. The lowest BCUT2D eigenvalue weighted by molar-refractivity contribution is 0.0863. The average molecular weight is 383 g/mol. The van der Waals surface area contributed by atoms with Crippen LogP contribution in [0.2, 0.25) is 0 Å². The Balaban J connectivity index is 1.47. The van der Waals surface area contributed by atoms with E-state index in [0.29, 0.717) is 18.4 Å². The monoisotopic (exact) mass is 383 g/mol. The topological polar surface area (TPSA) is 78.0 Å². The van der Waals surface area contributed by atoms with Crippen molar-refractivity contribution in [1.29, 1.82) is 0 Å². The minimum Gasteiger partial charge on any atom is -0.379 e. The van der Waals surface area contributed by atoms with E-state index in [2.05, 4.69) is 33.7 Å². The zero-order chi connectivity index (χ0) is 20.0. The Kier molecular flexibility index (Phi) is 4.00. The van der Waals surface area contributed by atoms with E-state index in [0.717, 1.165) is 39.2 Å². The number of fused-ring (bicyclic) bond motifs is 3. The lowest BCUT2D eigenvalue weighted by Gasteiger charge is -2.26. The quantitative estimate of drug-likeness (QED) is 0.506. The Bertz CT molecular complexity index is 1170. The molecule has 0 saturated heterocycles. The van der Waals surface area contributed by atoms with Gasteiger partial charge in [-0.05, 0) is 34.9 Å². The van der Waals surface area contributed by atoms with Crippen LogP contribution in [0.1, 0.15) is 39.2 Å². The molecule has 2 aliphatic carbocycles. The summed E-state index contributed by atoms with van der Waals surface area (Å²) in [5, 5.41) is 21.6. The maximum Gasteiger partial charge on any atom is 0.251 e. The lowest BCUT2D eigenvalue weighted by Crippen LogP contribution is -2.26. The third kappa shape index (κ3) is 2.82. The molecule has 0 fully saturated rings. The van der Waals surface area contributed by atoms with Gasteiger partial charge >= 0.3 is 0 Å². The number of hydrogen-bond acceptors (Lipinski definition) is 3. The van der Waals surface area contributed by atoms with Crippen molar-refractivity contribution in [2.24, 2.45) is 0 Å². The number of nitrogens with zero attached hydrogens (tertiary/aromatic N) is 1. The molecule has 1 unspecified atom stereocenters. The number of amides is 1. The number of allylic oxidation sites excluding steroid dienone is 2. The highest BCUT2D eigenvalue weighted by molar-refractivity contribution is 5.96. The smallest absolute Gasteiger partial charge is 0.251 e. The Morgan fingerprint density at radius 3 is 2.76 bits per heavy atom. The highest BCUT2D eigenvalue weighted by atomic mass is 16.3. The molecule has 0 spiro atoms. The molecule has 144 valence electrons. The summed E-state index contributed by atoms with van der Waals surface area (Å²) in [6.45, 7) is 0. The summed E-state index contributed by atoms with van der Waals surface area (Å²) < 4.78 is 0. The first-order valence-electron chi connectivity index (χ1n) is 9.69. The van der Waals surface area contributed by atoms with Gasteiger partial charge in [0.15, 0.2) is 0 Å². The van der Waals surface area contributed by atoms with E-state index in [-0.39, 0.29) is 5.91 Å². The maximum atomic E-state index is 12.0. The van der Waals surface area contributed by atoms with E-state index in [1.807, 2.05) is 48.6 Å². The van der Waals surface area contributed by atoms with Crippen molar-refractivity contribution in [1.82, 2.24) is 15.5 Å². The van der Waals surface area contributed by atoms with Gasteiger partial charge in [-0.2, -0.15) is 5.10 Å². The lowest BCUT2D eigenvalue weighted by atomic mass is 9.85. The Morgan fingerprint density at radius 2 is 2.03 bits per heavy atom. The van der Waals surface area contributed by atoms with Crippen LogP contribution in [-0.2, 0) is 12.0 Å². The van der Waals surface area contributed by atoms with Crippen molar-refractivity contribution in [3.63, 3.8) is 0 Å². The van der Waals surface area contributed by atoms with Crippen molar-refractivity contribution < 1.29 is 9.90 Å². The number of aromatic nitrogens is 2. The summed E-state index contributed by atoms with van der Waals surface area (Å²) in [6, 6.07) is 15.8. The molecule has 3 N–H and O–H groups in total. The van der Waals surface area contributed by atoms with Gasteiger partial charge in [0.1, 0.15) is 5.60 Å². The van der Waals surface area contributed by atoms with E-state index in [9.17, 15) is 9.90 Å². The summed E-state index contributed by atoms with van der Waals surface area (Å²) in [6.07, 6.45) is 7.05. The highest BCUT2D eigenvalue weighted by Gasteiger charge is 2.36. The molecule has 2 aromatic carbocycles. The van der Waals surface area contributed by atoms with Crippen LogP contribution in [0.5, 0.6) is 0 Å². The highest BCUT2D eigenvalue weighted by Crippen LogP contribution is 2.43. The second kappa shape index (κ2) is 6.57. The molecular weight excluding hydrogens is 362 g/mol. The number of aliphatic hydroxyl groups is 1. The number of carbonyl (C=O) groups excluding carboxylic acids is 1. The largest absolute Gasteiger partial charge is 0.379 e. The fourth-order valence-electron chi connectivity index (χ4n) is 4.20. The van der Waals surface area contributed by atoms with Gasteiger partial charge in [0, 0.05) is 36.6 Å². The molecule has 1 heterocycles. The minimum atomic E-state index is -1.12. The summed E-state index contributed by atoms with van der Waals surface area (Å²) in [4.78, 5) is 12.0. The van der Waals surface area contributed by atoms with Crippen LogP contribution in [0, 0.1) is 0 Å². The molecule has 29 heavy (non-hydrogen) atoms. The van der Waals surface area contributed by atoms with Gasteiger partial charge in [-0.1, -0.05) is 48.6 Å². The van der Waals surface area contributed by atoms with Crippen LogP contribution in [-0.4, -0.2) is 28.3 Å². The van der Waals surface area contributed by atoms with E-state index >= 15 is 0 Å². The molecule has 5 heteroatoms. The fourth-order valence-corrected chi connectivity index (χ4v) is 4.20. The predicted molar refractivity (Wildman–Crippen MR) is 112 cm³/mol. The molecule has 1 atom stereocenters. The van der Waals surface area contributed by atoms with Crippen LogP contribution in [0.4, 0.5) is 0 Å². The third-order valence-electron chi connectivity index (χ3n) is 5.80. The summed E-state index contributed by atoms with van der Waals surface area (Å²) in [5.41, 5.74) is 6.34. The molecule has 3 aromatic rings. The maximum absolute atomic E-state index is 12.0. The SMILES string of the molecule is CNC(=O)c1ccc2c(c1)-c1n[nH]c(C3(O)C=CC(c4ccccc4)=CC3)c1C2. The van der Waals surface area contributed by atoms with Crippen LogP contribution in [0.15, 0.2) is 66.8 Å². The van der Waals surface area contributed by atoms with Gasteiger partial charge in [0.2, 0.25) is 0 Å². The Hall–Kier alpha value is -3.44. The first-order valence-corrected chi connectivity index (χ1v) is 9.69. The molecule has 5 rings (SSSR count). The molecule has 0 aliphatic heterocycles. The van der Waals surface area contributed by atoms with Gasteiger partial charge in [-0.15, -0.1) is 0 Å². The van der Waals surface area contributed by atoms with Gasteiger partial charge < -0.3 is 10.4 Å². The molecule has 0 bridgehead atoms. The predicted octanol–water partition coefficient (Wildman–Crippen LogP) is 3.57. The van der Waals surface area contributed by atoms with E-state index in [4.69, 9.17) is 0 Å². The minimum absolute atomic E-state index is 0.121. The molecule has 5 nitrogen and oxygen atoms in total. The molecular formula is C24H21N3O2. The number of hydrogen-bond donors (Lipinski definition) is 3. The second-order valence-electron chi connectivity index (χ2n) is 7.54. The molecule has 0 radical (unpaired) electrons. The van der Waals surface area contributed by atoms with Gasteiger partial charge in [-0.25, -0.2) is 0 Å². The number of H-pyrrole nitrogens is 1. The molecule has 1 aromatic heterocycles. The zero-order valence-corrected chi connectivity index (χ0v) is 16.1.